The number of anilines is 2. The SMILES string of the molecule is CN(C)c1ccc(C2(c3ccc(N(C)C)cc3)Oc3[nH]c(=O)[nH]c(=O)c3-c3ccccc32)cc1. The minimum Gasteiger partial charge on any atom is -0.457 e. The Morgan fingerprint density at radius 1 is 0.706 bits per heavy atom. The molecular weight excluding hydrogens is 428 g/mol. The van der Waals surface area contributed by atoms with Crippen LogP contribution in [0.1, 0.15) is 16.7 Å². The standard InChI is InChI=1S/C27H26N4O3/c1-30(2)19-13-9-17(10-14-19)27(18-11-15-20(16-12-18)31(3)4)22-8-6-5-7-21(22)23-24(32)28-26(33)29-25(23)34-27/h5-16H,1-4H3,(H2,28,29,32,33). The fourth-order valence-electron chi connectivity index (χ4n) is 4.59. The first-order valence-electron chi connectivity index (χ1n) is 11.0. The molecule has 7 nitrogen and oxygen atoms in total. The number of hydrogen-bond donors (Lipinski definition) is 2. The molecule has 1 aliphatic heterocycles. The normalized spacial score (nSPS) is 13.4. The van der Waals surface area contributed by atoms with Crippen LogP contribution in [0.3, 0.4) is 0 Å². The van der Waals surface area contributed by atoms with Crippen molar-refractivity contribution < 1.29 is 4.74 Å². The fraction of sp³-hybridized carbons (Fsp3) is 0.185. The van der Waals surface area contributed by atoms with E-state index in [1.807, 2.05) is 111 Å². The van der Waals surface area contributed by atoms with Crippen LogP contribution in [0.25, 0.3) is 11.1 Å². The molecule has 0 radical (unpaired) electrons. The number of ether oxygens (including phenoxy) is 1. The van der Waals surface area contributed by atoms with E-state index in [9.17, 15) is 9.59 Å². The summed E-state index contributed by atoms with van der Waals surface area (Å²) in [4.78, 5) is 34.1. The molecule has 3 aromatic carbocycles. The number of rotatable bonds is 4. The van der Waals surface area contributed by atoms with E-state index in [1.165, 1.54) is 0 Å². The summed E-state index contributed by atoms with van der Waals surface area (Å²) in [5.41, 5.74) is 3.58. The number of benzene rings is 3. The van der Waals surface area contributed by atoms with Crippen LogP contribution >= 0.6 is 0 Å². The zero-order chi connectivity index (χ0) is 24.0. The molecule has 0 aliphatic carbocycles. The highest BCUT2D eigenvalue weighted by Crippen LogP contribution is 2.49. The fourth-order valence-corrected chi connectivity index (χ4v) is 4.59. The molecule has 0 fully saturated rings. The van der Waals surface area contributed by atoms with Crippen LogP contribution in [-0.4, -0.2) is 38.2 Å². The highest BCUT2D eigenvalue weighted by atomic mass is 16.5. The average Bonchev–Trinajstić information content (AvgIpc) is 2.83. The third-order valence-corrected chi connectivity index (χ3v) is 6.32. The number of nitrogens with zero attached hydrogens (tertiary/aromatic N) is 2. The van der Waals surface area contributed by atoms with Gasteiger partial charge in [0.2, 0.25) is 5.88 Å². The van der Waals surface area contributed by atoms with Gasteiger partial charge in [-0.05, 0) is 24.3 Å². The topological polar surface area (TPSA) is 81.4 Å². The number of nitrogens with one attached hydrogen (secondary N) is 2. The van der Waals surface area contributed by atoms with Crippen LogP contribution in [0.5, 0.6) is 5.88 Å². The van der Waals surface area contributed by atoms with Crippen molar-refractivity contribution in [1.82, 2.24) is 9.97 Å². The minimum absolute atomic E-state index is 0.154. The summed E-state index contributed by atoms with van der Waals surface area (Å²) < 4.78 is 6.68. The van der Waals surface area contributed by atoms with E-state index < -0.39 is 16.9 Å². The van der Waals surface area contributed by atoms with E-state index >= 15 is 0 Å². The molecule has 0 bridgehead atoms. The van der Waals surface area contributed by atoms with Gasteiger partial charge in [-0.1, -0.05) is 48.5 Å². The Morgan fingerprint density at radius 3 is 1.76 bits per heavy atom. The summed E-state index contributed by atoms with van der Waals surface area (Å²) in [6, 6.07) is 23.9. The van der Waals surface area contributed by atoms with Crippen LogP contribution < -0.4 is 25.8 Å². The monoisotopic (exact) mass is 454 g/mol. The Morgan fingerprint density at radius 2 is 1.24 bits per heavy atom. The van der Waals surface area contributed by atoms with E-state index in [0.717, 1.165) is 33.6 Å². The van der Waals surface area contributed by atoms with Gasteiger partial charge in [0.1, 0.15) is 5.56 Å². The lowest BCUT2D eigenvalue weighted by Crippen LogP contribution is -2.41. The lowest BCUT2D eigenvalue weighted by molar-refractivity contribution is 0.143. The predicted molar refractivity (Wildman–Crippen MR) is 135 cm³/mol. The molecule has 0 saturated heterocycles. The quantitative estimate of drug-likeness (QED) is 0.493. The van der Waals surface area contributed by atoms with Crippen molar-refractivity contribution in [2.75, 3.05) is 38.0 Å². The van der Waals surface area contributed by atoms with Crippen molar-refractivity contribution in [3.63, 3.8) is 0 Å². The van der Waals surface area contributed by atoms with Crippen molar-refractivity contribution in [2.24, 2.45) is 0 Å². The van der Waals surface area contributed by atoms with Crippen LogP contribution in [-0.2, 0) is 5.60 Å². The molecule has 2 heterocycles. The van der Waals surface area contributed by atoms with Crippen LogP contribution in [0.15, 0.2) is 82.4 Å². The average molecular weight is 455 g/mol. The smallest absolute Gasteiger partial charge is 0.328 e. The van der Waals surface area contributed by atoms with E-state index in [1.54, 1.807) is 0 Å². The molecule has 172 valence electrons. The second-order valence-electron chi connectivity index (χ2n) is 8.82. The van der Waals surface area contributed by atoms with Crippen molar-refractivity contribution >= 4 is 11.4 Å². The Kier molecular flexibility index (Phi) is 5.05. The Balaban J connectivity index is 1.84. The maximum absolute atomic E-state index is 12.8. The Bertz CT molecular complexity index is 1410. The van der Waals surface area contributed by atoms with Gasteiger partial charge in [-0.3, -0.25) is 14.8 Å². The van der Waals surface area contributed by atoms with E-state index in [2.05, 4.69) is 9.97 Å². The van der Waals surface area contributed by atoms with E-state index in [0.29, 0.717) is 5.56 Å². The van der Waals surface area contributed by atoms with Crippen molar-refractivity contribution in [2.45, 2.75) is 5.60 Å². The number of hydrogen-bond acceptors (Lipinski definition) is 5. The molecule has 7 heteroatoms. The number of aromatic amines is 2. The summed E-state index contributed by atoms with van der Waals surface area (Å²) in [5.74, 6) is 0.154. The molecule has 0 atom stereocenters. The van der Waals surface area contributed by atoms with Crippen LogP contribution in [0, 0.1) is 0 Å². The molecular formula is C27H26N4O3. The summed E-state index contributed by atoms with van der Waals surface area (Å²) in [6.45, 7) is 0. The summed E-state index contributed by atoms with van der Waals surface area (Å²) in [6.07, 6.45) is 0. The van der Waals surface area contributed by atoms with Gasteiger partial charge in [0.25, 0.3) is 5.56 Å². The first-order chi connectivity index (χ1) is 16.3. The molecule has 1 aliphatic rings. The zero-order valence-electron chi connectivity index (χ0n) is 19.5. The molecule has 2 N–H and O–H groups in total. The van der Waals surface area contributed by atoms with Crippen molar-refractivity contribution in [3.8, 4) is 17.0 Å². The molecule has 1 aromatic heterocycles. The van der Waals surface area contributed by atoms with Gasteiger partial charge in [-0.2, -0.15) is 0 Å². The highest BCUT2D eigenvalue weighted by molar-refractivity contribution is 5.77. The molecule has 0 unspecified atom stereocenters. The minimum atomic E-state index is -1.07. The first kappa shape index (κ1) is 21.6. The molecule has 5 rings (SSSR count). The van der Waals surface area contributed by atoms with Gasteiger partial charge >= 0.3 is 5.69 Å². The third-order valence-electron chi connectivity index (χ3n) is 6.32. The van der Waals surface area contributed by atoms with Crippen LogP contribution in [0.2, 0.25) is 0 Å². The van der Waals surface area contributed by atoms with Crippen LogP contribution in [0.4, 0.5) is 11.4 Å². The van der Waals surface area contributed by atoms with Crippen molar-refractivity contribution in [1.29, 1.82) is 0 Å². The van der Waals surface area contributed by atoms with E-state index in [4.69, 9.17) is 4.74 Å². The number of H-pyrrole nitrogens is 2. The molecule has 34 heavy (non-hydrogen) atoms. The van der Waals surface area contributed by atoms with Gasteiger partial charge in [0.15, 0.2) is 5.60 Å². The Labute approximate surface area is 197 Å². The lowest BCUT2D eigenvalue weighted by atomic mass is 9.75. The molecule has 0 amide bonds. The van der Waals surface area contributed by atoms with Gasteiger partial charge in [-0.15, -0.1) is 0 Å². The third kappa shape index (κ3) is 3.28. The van der Waals surface area contributed by atoms with Gasteiger partial charge < -0.3 is 14.5 Å². The van der Waals surface area contributed by atoms with Gasteiger partial charge in [0, 0.05) is 61.8 Å². The lowest BCUT2D eigenvalue weighted by Gasteiger charge is -2.40. The molecule has 0 spiro atoms. The first-order valence-corrected chi connectivity index (χ1v) is 11.0. The highest BCUT2D eigenvalue weighted by Gasteiger charge is 2.45. The maximum atomic E-state index is 12.8. The summed E-state index contributed by atoms with van der Waals surface area (Å²) in [5, 5.41) is 0. The number of aromatic nitrogens is 2. The molecule has 0 saturated carbocycles. The molecule has 4 aromatic rings. The van der Waals surface area contributed by atoms with Gasteiger partial charge in [-0.25, -0.2) is 4.79 Å². The second-order valence-corrected chi connectivity index (χ2v) is 8.82. The maximum Gasteiger partial charge on any atom is 0.328 e. The largest absolute Gasteiger partial charge is 0.457 e. The Hall–Kier alpha value is -4.26. The predicted octanol–water partition coefficient (Wildman–Crippen LogP) is 3.55. The number of fused-ring (bicyclic) bond motifs is 3. The van der Waals surface area contributed by atoms with Gasteiger partial charge in [0.05, 0.1) is 0 Å². The van der Waals surface area contributed by atoms with Crippen molar-refractivity contribution in [3.05, 3.63) is 110 Å². The second kappa shape index (κ2) is 7.95. The van der Waals surface area contributed by atoms with E-state index in [-0.39, 0.29) is 5.88 Å². The zero-order valence-corrected chi connectivity index (χ0v) is 19.5. The summed E-state index contributed by atoms with van der Waals surface area (Å²) in [7, 11) is 7.96. The summed E-state index contributed by atoms with van der Waals surface area (Å²) >= 11 is 0.